The first-order chi connectivity index (χ1) is 8.20. The first kappa shape index (κ1) is 12.3. The monoisotopic (exact) mass is 339 g/mol. The lowest BCUT2D eigenvalue weighted by molar-refractivity contribution is 0.942. The molecule has 1 heterocycles. The van der Waals surface area contributed by atoms with E-state index in [0.717, 1.165) is 21.8 Å². The Labute approximate surface area is 115 Å². The summed E-state index contributed by atoms with van der Waals surface area (Å²) in [7, 11) is 0. The highest BCUT2D eigenvalue weighted by Crippen LogP contribution is 2.22. The molecule has 0 fully saturated rings. The molecule has 0 saturated heterocycles. The average molecular weight is 339 g/mol. The maximum atomic E-state index is 4.36. The summed E-state index contributed by atoms with van der Waals surface area (Å²) < 4.78 is 1.05. The highest BCUT2D eigenvalue weighted by molar-refractivity contribution is 14.1. The van der Waals surface area contributed by atoms with Crippen molar-refractivity contribution in [3.05, 3.63) is 45.8 Å². The quantitative estimate of drug-likeness (QED) is 0.801. The Bertz CT molecular complexity index is 496. The van der Waals surface area contributed by atoms with Gasteiger partial charge >= 0.3 is 0 Å². The molecule has 2 aromatic rings. The van der Waals surface area contributed by atoms with Gasteiger partial charge < -0.3 is 4.90 Å². The summed E-state index contributed by atoms with van der Waals surface area (Å²) in [6.45, 7) is 5.04. The number of halogens is 1. The van der Waals surface area contributed by atoms with Gasteiger partial charge in [-0.05, 0) is 54.1 Å². The lowest BCUT2D eigenvalue weighted by atomic mass is 10.2. The van der Waals surface area contributed by atoms with Crippen molar-refractivity contribution in [2.24, 2.45) is 0 Å². The second kappa shape index (κ2) is 5.44. The van der Waals surface area contributed by atoms with Gasteiger partial charge in [-0.2, -0.15) is 0 Å². The van der Waals surface area contributed by atoms with Crippen molar-refractivity contribution in [2.45, 2.75) is 13.8 Å². The van der Waals surface area contributed by atoms with E-state index in [2.05, 4.69) is 75.6 Å². The third-order valence-electron chi connectivity index (χ3n) is 2.48. The largest absolute Gasteiger partial charge is 0.311 e. The molecule has 2 rings (SSSR count). The van der Waals surface area contributed by atoms with Crippen LogP contribution >= 0.6 is 22.6 Å². The molecule has 0 aliphatic carbocycles. The third kappa shape index (κ3) is 2.94. The Morgan fingerprint density at radius 3 is 2.53 bits per heavy atom. The minimum absolute atomic E-state index is 0.749. The predicted molar refractivity (Wildman–Crippen MR) is 78.6 cm³/mol. The first-order valence-electron chi connectivity index (χ1n) is 5.52. The van der Waals surface area contributed by atoms with Crippen LogP contribution in [0.2, 0.25) is 0 Å². The van der Waals surface area contributed by atoms with Crippen LogP contribution in [0.5, 0.6) is 0 Å². The van der Waals surface area contributed by atoms with E-state index in [1.165, 1.54) is 5.56 Å². The van der Waals surface area contributed by atoms with Gasteiger partial charge in [0.05, 0.1) is 0 Å². The molecule has 88 valence electrons. The Hall–Kier alpha value is -1.17. The van der Waals surface area contributed by atoms with Crippen LogP contribution in [0.1, 0.15) is 12.5 Å². The van der Waals surface area contributed by atoms with Crippen molar-refractivity contribution < 1.29 is 0 Å². The van der Waals surface area contributed by atoms with E-state index in [1.807, 2.05) is 12.4 Å². The van der Waals surface area contributed by atoms with Gasteiger partial charge in [0, 0.05) is 28.2 Å². The van der Waals surface area contributed by atoms with Crippen LogP contribution in [0.4, 0.5) is 11.6 Å². The molecule has 0 saturated carbocycles. The van der Waals surface area contributed by atoms with E-state index in [9.17, 15) is 0 Å². The number of rotatable bonds is 3. The molecule has 0 bridgehead atoms. The number of nitrogens with zero attached hydrogens (tertiary/aromatic N) is 3. The summed E-state index contributed by atoms with van der Waals surface area (Å²) in [4.78, 5) is 10.8. The standard InChI is InChI=1S/C13H14IN3/c1-3-17(12-6-4-5-10(2)7-12)13-15-8-11(14)9-16-13/h4-9H,3H2,1-2H3. The lowest BCUT2D eigenvalue weighted by Crippen LogP contribution is -2.18. The molecule has 0 N–H and O–H groups in total. The van der Waals surface area contributed by atoms with E-state index >= 15 is 0 Å². The van der Waals surface area contributed by atoms with Crippen LogP contribution in [-0.2, 0) is 0 Å². The second-order valence-corrected chi connectivity index (χ2v) is 5.03. The first-order valence-corrected chi connectivity index (χ1v) is 6.60. The molecular weight excluding hydrogens is 325 g/mol. The lowest BCUT2D eigenvalue weighted by Gasteiger charge is -2.21. The Kier molecular flexibility index (Phi) is 3.93. The van der Waals surface area contributed by atoms with Crippen molar-refractivity contribution >= 4 is 34.2 Å². The number of aryl methyl sites for hydroxylation is 1. The zero-order valence-electron chi connectivity index (χ0n) is 9.89. The SMILES string of the molecule is CCN(c1cccc(C)c1)c1ncc(I)cn1. The van der Waals surface area contributed by atoms with Gasteiger partial charge in [-0.15, -0.1) is 0 Å². The molecule has 3 nitrogen and oxygen atoms in total. The molecule has 0 aliphatic heterocycles. The van der Waals surface area contributed by atoms with Crippen molar-refractivity contribution in [1.82, 2.24) is 9.97 Å². The Morgan fingerprint density at radius 1 is 1.24 bits per heavy atom. The molecule has 4 heteroatoms. The van der Waals surface area contributed by atoms with Crippen LogP contribution in [0.25, 0.3) is 0 Å². The zero-order chi connectivity index (χ0) is 12.3. The molecule has 1 aromatic heterocycles. The van der Waals surface area contributed by atoms with Crippen LogP contribution in [0.15, 0.2) is 36.7 Å². The van der Waals surface area contributed by atoms with Gasteiger partial charge in [0.15, 0.2) is 0 Å². The van der Waals surface area contributed by atoms with Crippen molar-refractivity contribution in [3.8, 4) is 0 Å². The van der Waals surface area contributed by atoms with Crippen LogP contribution in [-0.4, -0.2) is 16.5 Å². The maximum absolute atomic E-state index is 4.36. The summed E-state index contributed by atoms with van der Waals surface area (Å²) in [5.41, 5.74) is 2.38. The molecule has 0 aliphatic rings. The number of aromatic nitrogens is 2. The summed E-state index contributed by atoms with van der Waals surface area (Å²) in [6, 6.07) is 8.37. The fourth-order valence-electron chi connectivity index (χ4n) is 1.68. The summed E-state index contributed by atoms with van der Waals surface area (Å²) in [5, 5.41) is 0. The van der Waals surface area contributed by atoms with E-state index in [0.29, 0.717) is 0 Å². The molecule has 0 radical (unpaired) electrons. The topological polar surface area (TPSA) is 29.0 Å². The molecule has 1 aromatic carbocycles. The number of hydrogen-bond acceptors (Lipinski definition) is 3. The fourth-order valence-corrected chi connectivity index (χ4v) is 1.96. The van der Waals surface area contributed by atoms with E-state index in [-0.39, 0.29) is 0 Å². The van der Waals surface area contributed by atoms with Gasteiger partial charge in [-0.1, -0.05) is 12.1 Å². The van der Waals surface area contributed by atoms with Gasteiger partial charge in [0.1, 0.15) is 0 Å². The van der Waals surface area contributed by atoms with Gasteiger partial charge in [-0.3, -0.25) is 0 Å². The summed E-state index contributed by atoms with van der Waals surface area (Å²) in [5.74, 6) is 0.749. The van der Waals surface area contributed by atoms with Crippen LogP contribution in [0.3, 0.4) is 0 Å². The Balaban J connectivity index is 2.36. The molecular formula is C13H14IN3. The molecule has 0 atom stereocenters. The maximum Gasteiger partial charge on any atom is 0.229 e. The number of hydrogen-bond donors (Lipinski definition) is 0. The average Bonchev–Trinajstić information content (AvgIpc) is 2.33. The zero-order valence-corrected chi connectivity index (χ0v) is 12.0. The predicted octanol–water partition coefficient (Wildman–Crippen LogP) is 3.55. The van der Waals surface area contributed by atoms with Crippen LogP contribution in [0, 0.1) is 10.5 Å². The van der Waals surface area contributed by atoms with Crippen molar-refractivity contribution in [1.29, 1.82) is 0 Å². The van der Waals surface area contributed by atoms with Gasteiger partial charge in [0.2, 0.25) is 5.95 Å². The third-order valence-corrected chi connectivity index (χ3v) is 3.03. The number of benzene rings is 1. The fraction of sp³-hybridized carbons (Fsp3) is 0.231. The minimum atomic E-state index is 0.749. The van der Waals surface area contributed by atoms with Crippen molar-refractivity contribution in [3.63, 3.8) is 0 Å². The van der Waals surface area contributed by atoms with E-state index in [1.54, 1.807) is 0 Å². The highest BCUT2D eigenvalue weighted by atomic mass is 127. The van der Waals surface area contributed by atoms with Crippen LogP contribution < -0.4 is 4.90 Å². The highest BCUT2D eigenvalue weighted by Gasteiger charge is 2.09. The molecule has 0 unspecified atom stereocenters. The smallest absolute Gasteiger partial charge is 0.229 e. The van der Waals surface area contributed by atoms with Crippen molar-refractivity contribution in [2.75, 3.05) is 11.4 Å². The summed E-state index contributed by atoms with van der Waals surface area (Å²) >= 11 is 2.21. The second-order valence-electron chi connectivity index (χ2n) is 3.78. The van der Waals surface area contributed by atoms with E-state index < -0.39 is 0 Å². The normalized spacial score (nSPS) is 10.3. The van der Waals surface area contributed by atoms with Gasteiger partial charge in [-0.25, -0.2) is 9.97 Å². The minimum Gasteiger partial charge on any atom is -0.311 e. The summed E-state index contributed by atoms with van der Waals surface area (Å²) in [6.07, 6.45) is 3.67. The van der Waals surface area contributed by atoms with Gasteiger partial charge in [0.25, 0.3) is 0 Å². The number of anilines is 2. The Morgan fingerprint density at radius 2 is 1.94 bits per heavy atom. The molecule has 17 heavy (non-hydrogen) atoms. The molecule has 0 spiro atoms. The van der Waals surface area contributed by atoms with E-state index in [4.69, 9.17) is 0 Å². The molecule has 0 amide bonds.